The monoisotopic (exact) mass is 349 g/mol. The number of nitrogens with zero attached hydrogens (tertiary/aromatic N) is 3. The zero-order valence-corrected chi connectivity index (χ0v) is 15.0. The summed E-state index contributed by atoms with van der Waals surface area (Å²) in [6, 6.07) is 2.67. The Kier molecular flexibility index (Phi) is 5.17. The minimum absolute atomic E-state index is 0.303. The Bertz CT molecular complexity index is 542. The Balaban J connectivity index is 1.25. The van der Waals surface area contributed by atoms with E-state index in [9.17, 15) is 4.79 Å². The average Bonchev–Trinajstić information content (AvgIpc) is 3.27. The third-order valence-electron chi connectivity index (χ3n) is 5.65. The van der Waals surface area contributed by atoms with Crippen molar-refractivity contribution >= 4 is 17.2 Å². The van der Waals surface area contributed by atoms with E-state index >= 15 is 0 Å². The molecule has 0 radical (unpaired) electrons. The fourth-order valence-corrected chi connectivity index (χ4v) is 4.93. The van der Waals surface area contributed by atoms with E-state index in [1.54, 1.807) is 11.3 Å². The van der Waals surface area contributed by atoms with Crippen LogP contribution in [0.25, 0.3) is 0 Å². The minimum Gasteiger partial charge on any atom is -0.375 e. The number of hydrogen-bond acceptors (Lipinski definition) is 5. The Morgan fingerprint density at radius 3 is 2.88 bits per heavy atom. The number of amides is 1. The number of piperazine rings is 1. The van der Waals surface area contributed by atoms with Crippen LogP contribution in [0.5, 0.6) is 0 Å². The van der Waals surface area contributed by atoms with Gasteiger partial charge in [-0.3, -0.25) is 14.6 Å². The number of hydrogen-bond donors (Lipinski definition) is 0. The molecule has 3 fully saturated rings. The third kappa shape index (κ3) is 3.67. The van der Waals surface area contributed by atoms with Gasteiger partial charge in [0.2, 0.25) is 5.91 Å². The fraction of sp³-hybridized carbons (Fsp3) is 0.722. The van der Waals surface area contributed by atoms with Crippen LogP contribution in [-0.4, -0.2) is 78.6 Å². The minimum atomic E-state index is 0.303. The molecule has 1 amide bonds. The van der Waals surface area contributed by atoms with Gasteiger partial charge < -0.3 is 9.64 Å². The van der Waals surface area contributed by atoms with Gasteiger partial charge in [-0.25, -0.2) is 0 Å². The average molecular weight is 350 g/mol. The second-order valence-electron chi connectivity index (χ2n) is 7.17. The highest BCUT2D eigenvalue weighted by atomic mass is 32.1. The molecule has 2 atom stereocenters. The molecule has 24 heavy (non-hydrogen) atoms. The normalized spacial score (nSPS) is 28.9. The van der Waals surface area contributed by atoms with Crippen LogP contribution in [0.2, 0.25) is 0 Å². The quantitative estimate of drug-likeness (QED) is 0.828. The lowest BCUT2D eigenvalue weighted by atomic mass is 10.1. The zero-order chi connectivity index (χ0) is 16.4. The van der Waals surface area contributed by atoms with Gasteiger partial charge in [0.05, 0.1) is 19.3 Å². The summed E-state index contributed by atoms with van der Waals surface area (Å²) in [6.45, 7) is 6.97. The molecule has 1 saturated carbocycles. The number of carbonyl (C=O) groups excluding carboxylic acids is 1. The number of morpholine rings is 1. The van der Waals surface area contributed by atoms with E-state index in [0.29, 0.717) is 24.6 Å². The molecule has 1 aliphatic carbocycles. The van der Waals surface area contributed by atoms with Gasteiger partial charge in [0, 0.05) is 45.3 Å². The van der Waals surface area contributed by atoms with E-state index in [2.05, 4.69) is 31.5 Å². The molecule has 0 spiro atoms. The van der Waals surface area contributed by atoms with Crippen LogP contribution >= 0.6 is 11.3 Å². The largest absolute Gasteiger partial charge is 0.375 e. The fourth-order valence-electron chi connectivity index (χ4n) is 4.27. The van der Waals surface area contributed by atoms with Gasteiger partial charge in [0.25, 0.3) is 0 Å². The molecule has 0 N–H and O–H groups in total. The lowest BCUT2D eigenvalue weighted by Gasteiger charge is -2.39. The summed E-state index contributed by atoms with van der Waals surface area (Å²) < 4.78 is 5.85. The van der Waals surface area contributed by atoms with Gasteiger partial charge in [-0.1, -0.05) is 0 Å². The number of carbonyl (C=O) groups is 1. The van der Waals surface area contributed by atoms with Crippen LogP contribution in [0.1, 0.15) is 24.8 Å². The molecular formula is C18H27N3O2S. The molecule has 2 saturated heterocycles. The van der Waals surface area contributed by atoms with Gasteiger partial charge in [0.15, 0.2) is 0 Å². The van der Waals surface area contributed by atoms with E-state index in [1.807, 2.05) is 0 Å². The van der Waals surface area contributed by atoms with Crippen molar-refractivity contribution in [1.82, 2.24) is 14.7 Å². The molecule has 0 bridgehead atoms. The summed E-state index contributed by atoms with van der Waals surface area (Å²) in [5.74, 6) is 0.303. The Morgan fingerprint density at radius 2 is 2.08 bits per heavy atom. The predicted molar refractivity (Wildman–Crippen MR) is 95.1 cm³/mol. The SMILES string of the molecule is O=C(CN1CCO[C@H]2CCC[C@@H]21)N1CCN(Cc2ccsc2)CC1. The first-order valence-electron chi connectivity index (χ1n) is 9.16. The first kappa shape index (κ1) is 16.5. The molecule has 6 heteroatoms. The molecule has 0 aromatic carbocycles. The Labute approximate surface area is 148 Å². The summed E-state index contributed by atoms with van der Waals surface area (Å²) in [4.78, 5) is 19.6. The summed E-state index contributed by atoms with van der Waals surface area (Å²) >= 11 is 1.75. The maximum absolute atomic E-state index is 12.7. The molecule has 2 aliphatic heterocycles. The maximum atomic E-state index is 12.7. The van der Waals surface area contributed by atoms with Crippen LogP contribution in [-0.2, 0) is 16.1 Å². The third-order valence-corrected chi connectivity index (χ3v) is 6.38. The van der Waals surface area contributed by atoms with E-state index in [-0.39, 0.29) is 0 Å². The van der Waals surface area contributed by atoms with E-state index < -0.39 is 0 Å². The molecule has 1 aromatic rings. The molecule has 0 unspecified atom stereocenters. The van der Waals surface area contributed by atoms with Crippen molar-refractivity contribution in [3.63, 3.8) is 0 Å². The van der Waals surface area contributed by atoms with Crippen LogP contribution in [0.4, 0.5) is 0 Å². The van der Waals surface area contributed by atoms with Crippen LogP contribution in [0.3, 0.4) is 0 Å². The van der Waals surface area contributed by atoms with E-state index in [4.69, 9.17) is 4.74 Å². The van der Waals surface area contributed by atoms with Crippen molar-refractivity contribution in [3.05, 3.63) is 22.4 Å². The van der Waals surface area contributed by atoms with Gasteiger partial charge in [-0.05, 0) is 41.7 Å². The van der Waals surface area contributed by atoms with E-state index in [0.717, 1.165) is 52.3 Å². The van der Waals surface area contributed by atoms with Crippen LogP contribution < -0.4 is 0 Å². The topological polar surface area (TPSA) is 36.0 Å². The van der Waals surface area contributed by atoms with Crippen molar-refractivity contribution < 1.29 is 9.53 Å². The summed E-state index contributed by atoms with van der Waals surface area (Å²) in [7, 11) is 0. The number of rotatable bonds is 4. The second-order valence-corrected chi connectivity index (χ2v) is 7.95. The lowest BCUT2D eigenvalue weighted by molar-refractivity contribution is -0.138. The standard InChI is InChI=1S/C18H27N3O2S/c22-18(13-21-9-10-23-17-3-1-2-16(17)21)20-7-5-19(6-8-20)12-15-4-11-24-14-15/h4,11,14,16-17H,1-3,5-10,12-13H2/t16-,17-/m0/s1. The van der Waals surface area contributed by atoms with Crippen molar-refractivity contribution in [1.29, 1.82) is 0 Å². The molecule has 1 aromatic heterocycles. The first-order valence-corrected chi connectivity index (χ1v) is 10.1. The molecular weight excluding hydrogens is 322 g/mol. The molecule has 132 valence electrons. The Hall–Kier alpha value is -0.950. The lowest BCUT2D eigenvalue weighted by Crippen LogP contribution is -2.55. The van der Waals surface area contributed by atoms with Gasteiger partial charge in [-0.2, -0.15) is 11.3 Å². The smallest absolute Gasteiger partial charge is 0.236 e. The highest BCUT2D eigenvalue weighted by Gasteiger charge is 2.37. The predicted octanol–water partition coefficient (Wildman–Crippen LogP) is 1.65. The zero-order valence-electron chi connectivity index (χ0n) is 14.2. The maximum Gasteiger partial charge on any atom is 0.236 e. The summed E-state index contributed by atoms with van der Waals surface area (Å²) in [6.07, 6.45) is 3.96. The van der Waals surface area contributed by atoms with Crippen LogP contribution in [0, 0.1) is 0 Å². The molecule has 3 aliphatic rings. The number of ether oxygens (including phenoxy) is 1. The van der Waals surface area contributed by atoms with Crippen molar-refractivity contribution in [2.45, 2.75) is 38.0 Å². The second kappa shape index (κ2) is 7.52. The van der Waals surface area contributed by atoms with Crippen molar-refractivity contribution in [2.24, 2.45) is 0 Å². The van der Waals surface area contributed by atoms with Gasteiger partial charge in [-0.15, -0.1) is 0 Å². The summed E-state index contributed by atoms with van der Waals surface area (Å²) in [5, 5.41) is 4.35. The van der Waals surface area contributed by atoms with Crippen molar-refractivity contribution in [2.75, 3.05) is 45.9 Å². The number of thiophene rings is 1. The highest BCUT2D eigenvalue weighted by molar-refractivity contribution is 7.07. The number of fused-ring (bicyclic) bond motifs is 1. The van der Waals surface area contributed by atoms with Crippen molar-refractivity contribution in [3.8, 4) is 0 Å². The summed E-state index contributed by atoms with van der Waals surface area (Å²) in [5.41, 5.74) is 1.39. The highest BCUT2D eigenvalue weighted by Crippen LogP contribution is 2.29. The van der Waals surface area contributed by atoms with Gasteiger partial charge in [0.1, 0.15) is 0 Å². The van der Waals surface area contributed by atoms with Gasteiger partial charge >= 0.3 is 0 Å². The molecule has 4 rings (SSSR count). The molecule has 3 heterocycles. The molecule has 5 nitrogen and oxygen atoms in total. The first-order chi connectivity index (χ1) is 11.8. The van der Waals surface area contributed by atoms with Crippen LogP contribution in [0.15, 0.2) is 16.8 Å². The Morgan fingerprint density at radius 1 is 1.21 bits per heavy atom. The van der Waals surface area contributed by atoms with E-state index in [1.165, 1.54) is 18.4 Å².